The molecule has 2 aliphatic carbocycles. The molecule has 1 aromatic carbocycles. The van der Waals surface area contributed by atoms with Gasteiger partial charge in [-0.3, -0.25) is 4.79 Å². The first-order valence-electron chi connectivity index (χ1n) is 11.1. The monoisotopic (exact) mass is 434 g/mol. The topological polar surface area (TPSA) is 55.1 Å². The lowest BCUT2D eigenvalue weighted by molar-refractivity contribution is -0.122. The number of hydrogen-bond donors (Lipinski definition) is 2. The number of amides is 1. The summed E-state index contributed by atoms with van der Waals surface area (Å²) in [6.45, 7) is 0.407. The zero-order valence-electron chi connectivity index (χ0n) is 18.7. The van der Waals surface area contributed by atoms with E-state index in [-0.39, 0.29) is 5.91 Å². The second-order valence-corrected chi connectivity index (χ2v) is 7.62. The van der Waals surface area contributed by atoms with Crippen LogP contribution in [0.15, 0.2) is 150 Å². The van der Waals surface area contributed by atoms with Gasteiger partial charge >= 0.3 is 0 Å². The van der Waals surface area contributed by atoms with Gasteiger partial charge in [-0.1, -0.05) is 128 Å². The van der Waals surface area contributed by atoms with Gasteiger partial charge in [0.1, 0.15) is 0 Å². The van der Waals surface area contributed by atoms with Crippen LogP contribution in [0, 0.1) is 0 Å². The van der Waals surface area contributed by atoms with E-state index in [1.807, 2.05) is 115 Å². The van der Waals surface area contributed by atoms with Crippen LogP contribution in [0.25, 0.3) is 0 Å². The number of allylic oxidation sites excluding steroid dienone is 18. The van der Waals surface area contributed by atoms with Gasteiger partial charge in [0.05, 0.1) is 6.04 Å². The molecule has 0 radical (unpaired) electrons. The van der Waals surface area contributed by atoms with Gasteiger partial charge in [0, 0.05) is 6.54 Å². The molecule has 33 heavy (non-hydrogen) atoms. The van der Waals surface area contributed by atoms with Crippen molar-refractivity contribution in [2.75, 3.05) is 6.54 Å². The van der Waals surface area contributed by atoms with Crippen LogP contribution in [0.3, 0.4) is 0 Å². The molecule has 1 atom stereocenters. The van der Waals surface area contributed by atoms with Crippen LogP contribution in [0.4, 0.5) is 0 Å². The van der Waals surface area contributed by atoms with Gasteiger partial charge in [-0.25, -0.2) is 0 Å². The van der Waals surface area contributed by atoms with Crippen LogP contribution in [-0.2, 0) is 11.2 Å². The normalized spacial score (nSPS) is 16.6. The number of nitrogens with one attached hydrogen (secondary N) is 1. The summed E-state index contributed by atoms with van der Waals surface area (Å²) < 4.78 is 0. The molecule has 3 rings (SSSR count). The molecule has 3 heteroatoms. The molecule has 2 aliphatic rings. The fourth-order valence-electron chi connectivity index (χ4n) is 3.07. The second kappa shape index (κ2) is 13.5. The molecule has 0 heterocycles. The molecule has 166 valence electrons. The van der Waals surface area contributed by atoms with Gasteiger partial charge in [-0.2, -0.15) is 0 Å². The van der Waals surface area contributed by atoms with E-state index in [0.717, 1.165) is 11.1 Å². The molecule has 3 N–H and O–H groups in total. The fourth-order valence-corrected chi connectivity index (χ4v) is 3.07. The minimum Gasteiger partial charge on any atom is -0.351 e. The Morgan fingerprint density at radius 3 is 2.06 bits per heavy atom. The van der Waals surface area contributed by atoms with Crippen molar-refractivity contribution in [2.24, 2.45) is 5.73 Å². The molecule has 0 spiro atoms. The Morgan fingerprint density at radius 2 is 1.36 bits per heavy atom. The minimum atomic E-state index is -0.583. The average molecular weight is 435 g/mol. The maximum absolute atomic E-state index is 12.5. The van der Waals surface area contributed by atoms with Crippen LogP contribution in [0.5, 0.6) is 0 Å². The third kappa shape index (κ3) is 9.38. The molecule has 0 saturated carbocycles. The molecular formula is C30H30N2O. The summed E-state index contributed by atoms with van der Waals surface area (Å²) in [5.41, 5.74) is 10.6. The number of carbonyl (C=O) groups excluding carboxylic acids is 1. The van der Waals surface area contributed by atoms with Gasteiger partial charge in [-0.15, -0.1) is 0 Å². The van der Waals surface area contributed by atoms with Gasteiger partial charge in [0.25, 0.3) is 0 Å². The maximum Gasteiger partial charge on any atom is 0.237 e. The Balaban J connectivity index is 1.64. The maximum atomic E-state index is 12.5. The van der Waals surface area contributed by atoms with Crippen molar-refractivity contribution in [1.29, 1.82) is 0 Å². The smallest absolute Gasteiger partial charge is 0.237 e. The highest BCUT2D eigenvalue weighted by Crippen LogP contribution is 2.28. The highest BCUT2D eigenvalue weighted by molar-refractivity contribution is 5.82. The van der Waals surface area contributed by atoms with Crippen molar-refractivity contribution in [2.45, 2.75) is 12.5 Å². The van der Waals surface area contributed by atoms with E-state index in [0.29, 0.717) is 13.0 Å². The van der Waals surface area contributed by atoms with E-state index in [9.17, 15) is 4.79 Å². The van der Waals surface area contributed by atoms with Gasteiger partial charge in [0.15, 0.2) is 0 Å². The van der Waals surface area contributed by atoms with Crippen LogP contribution in [-0.4, -0.2) is 18.5 Å². The van der Waals surface area contributed by atoms with E-state index in [2.05, 4.69) is 23.5 Å². The van der Waals surface area contributed by atoms with Gasteiger partial charge in [-0.05, 0) is 34.8 Å². The fraction of sp³-hybridized carbons (Fsp3) is 0.100. The molecule has 0 aromatic heterocycles. The molecule has 0 fully saturated rings. The molecular weight excluding hydrogens is 404 g/mol. The first-order valence-corrected chi connectivity index (χ1v) is 11.1. The summed E-state index contributed by atoms with van der Waals surface area (Å²) in [6, 6.07) is 9.24. The number of carbonyl (C=O) groups is 1. The van der Waals surface area contributed by atoms with Crippen molar-refractivity contribution in [3.8, 4) is 0 Å². The SMILES string of the molecule is NC(Cc1ccccc1)C(=O)NCC1=CC=CC2=CC2=CC=CC=CC=CC=CC=CC=C1. The van der Waals surface area contributed by atoms with Crippen LogP contribution in [0.1, 0.15) is 5.56 Å². The van der Waals surface area contributed by atoms with E-state index in [1.165, 1.54) is 11.1 Å². The largest absolute Gasteiger partial charge is 0.351 e. The number of nitrogens with two attached hydrogens (primary N) is 1. The van der Waals surface area contributed by atoms with Gasteiger partial charge in [0.2, 0.25) is 5.91 Å². The number of hydrogen-bond acceptors (Lipinski definition) is 2. The minimum absolute atomic E-state index is 0.159. The van der Waals surface area contributed by atoms with Crippen LogP contribution in [0.2, 0.25) is 0 Å². The lowest BCUT2D eigenvalue weighted by Gasteiger charge is -2.12. The lowest BCUT2D eigenvalue weighted by atomic mass is 10.1. The number of benzene rings is 1. The summed E-state index contributed by atoms with van der Waals surface area (Å²) in [7, 11) is 0. The van der Waals surface area contributed by atoms with E-state index in [4.69, 9.17) is 5.73 Å². The first kappa shape index (κ1) is 23.7. The summed E-state index contributed by atoms with van der Waals surface area (Å²) in [5, 5.41) is 2.96. The zero-order chi connectivity index (χ0) is 23.1. The van der Waals surface area contributed by atoms with Crippen molar-refractivity contribution < 1.29 is 4.79 Å². The first-order chi connectivity index (χ1) is 16.2. The Hall–Kier alpha value is -3.95. The third-order valence-electron chi connectivity index (χ3n) is 4.95. The van der Waals surface area contributed by atoms with Crippen molar-refractivity contribution in [3.05, 3.63) is 156 Å². The second-order valence-electron chi connectivity index (χ2n) is 7.62. The van der Waals surface area contributed by atoms with Gasteiger partial charge < -0.3 is 11.1 Å². The van der Waals surface area contributed by atoms with Crippen molar-refractivity contribution in [3.63, 3.8) is 0 Å². The van der Waals surface area contributed by atoms with Crippen molar-refractivity contribution >= 4 is 5.91 Å². The summed E-state index contributed by atoms with van der Waals surface area (Å²) >= 11 is 0. The van der Waals surface area contributed by atoms with Crippen LogP contribution < -0.4 is 11.1 Å². The Kier molecular flexibility index (Phi) is 9.67. The summed E-state index contributed by atoms with van der Waals surface area (Å²) in [6.07, 6.45) is 34.6. The average Bonchev–Trinajstić information content (AvgIpc) is 3.57. The molecule has 0 aliphatic heterocycles. The number of fused-ring (bicyclic) bond motifs is 1. The Morgan fingerprint density at radius 1 is 0.727 bits per heavy atom. The highest BCUT2D eigenvalue weighted by Gasteiger charge is 2.14. The van der Waals surface area contributed by atoms with E-state index in [1.54, 1.807) is 0 Å². The third-order valence-corrected chi connectivity index (χ3v) is 4.95. The summed E-state index contributed by atoms with van der Waals surface area (Å²) in [5.74, 6) is -0.159. The predicted molar refractivity (Wildman–Crippen MR) is 139 cm³/mol. The lowest BCUT2D eigenvalue weighted by Crippen LogP contribution is -2.42. The molecule has 3 nitrogen and oxygen atoms in total. The molecule has 1 aromatic rings. The highest BCUT2D eigenvalue weighted by atomic mass is 16.2. The quantitative estimate of drug-likeness (QED) is 0.654. The number of rotatable bonds is 5. The van der Waals surface area contributed by atoms with E-state index < -0.39 is 6.04 Å². The predicted octanol–water partition coefficient (Wildman–Crippen LogP) is 5.37. The summed E-state index contributed by atoms with van der Waals surface area (Å²) in [4.78, 5) is 12.5. The standard InChI is InChI=1S/C30H30N2O/c31-29(22-25-16-12-10-13-17-25)30(33)32-24-26-18-11-8-6-4-2-1-3-5-7-9-14-20-27-23-28(27)21-15-19-26/h1-21,23,29H,22,24,31H2,(H,32,33). The Bertz CT molecular complexity index is 1100. The molecule has 0 saturated heterocycles. The van der Waals surface area contributed by atoms with E-state index >= 15 is 0 Å². The molecule has 1 unspecified atom stereocenters. The zero-order valence-corrected chi connectivity index (χ0v) is 18.7. The Labute approximate surface area is 196 Å². The molecule has 0 bridgehead atoms. The van der Waals surface area contributed by atoms with Crippen LogP contribution >= 0.6 is 0 Å². The molecule has 1 amide bonds. The van der Waals surface area contributed by atoms with Crippen molar-refractivity contribution in [1.82, 2.24) is 5.32 Å².